The van der Waals surface area contributed by atoms with E-state index < -0.39 is 15.7 Å². The van der Waals surface area contributed by atoms with E-state index in [1.165, 1.54) is 6.08 Å². The van der Waals surface area contributed by atoms with Crippen molar-refractivity contribution in [3.8, 4) is 17.2 Å². The number of sulfone groups is 1. The molecular weight excluding hydrogens is 430 g/mol. The van der Waals surface area contributed by atoms with Crippen LogP contribution in [0.3, 0.4) is 0 Å². The lowest BCUT2D eigenvalue weighted by molar-refractivity contribution is -0.111. The Morgan fingerprint density at radius 2 is 1.84 bits per heavy atom. The number of carbonyl (C=O) groups is 1. The van der Waals surface area contributed by atoms with Crippen LogP contribution in [0, 0.1) is 6.92 Å². The normalized spacial score (nSPS) is 14.3. The van der Waals surface area contributed by atoms with Crippen LogP contribution in [-0.2, 0) is 26.1 Å². The lowest BCUT2D eigenvalue weighted by atomic mass is 10.2. The molecule has 1 N–H and O–H groups in total. The van der Waals surface area contributed by atoms with Crippen molar-refractivity contribution in [3.05, 3.63) is 70.9 Å². The largest absolute Gasteiger partial charge is 0.493 e. The molecule has 1 aromatic heterocycles. The van der Waals surface area contributed by atoms with Gasteiger partial charge in [0.1, 0.15) is 5.82 Å². The number of hydrogen-bond donors (Lipinski definition) is 1. The summed E-state index contributed by atoms with van der Waals surface area (Å²) in [5, 5.41) is 7.33. The summed E-state index contributed by atoms with van der Waals surface area (Å²) in [5.74, 6) is 0.831. The molecular formula is C23H23N3O5S. The molecule has 166 valence electrons. The number of rotatable bonds is 6. The fraction of sp³-hybridized carbons (Fsp3) is 0.217. The van der Waals surface area contributed by atoms with E-state index in [1.54, 1.807) is 43.2 Å². The van der Waals surface area contributed by atoms with Gasteiger partial charge >= 0.3 is 0 Å². The fourth-order valence-corrected chi connectivity index (χ4v) is 5.13. The van der Waals surface area contributed by atoms with Gasteiger partial charge in [0.15, 0.2) is 21.3 Å². The summed E-state index contributed by atoms with van der Waals surface area (Å²) in [7, 11) is -0.176. The van der Waals surface area contributed by atoms with Crippen molar-refractivity contribution in [3.63, 3.8) is 0 Å². The summed E-state index contributed by atoms with van der Waals surface area (Å²) >= 11 is 0. The molecule has 1 aliphatic rings. The average molecular weight is 454 g/mol. The first-order valence-corrected chi connectivity index (χ1v) is 11.7. The maximum absolute atomic E-state index is 12.7. The standard InChI is InChI=1S/C23H23N3O5S/c1-15-6-4-5-7-19(15)26-23(17-13-32(28,29)14-18(17)25-26)24-22(27)11-9-16-8-10-20(30-2)21(12-16)31-3/h4-12H,13-14H2,1-3H3,(H,24,27)/b11-9+. The highest BCUT2D eigenvalue weighted by atomic mass is 32.2. The minimum absolute atomic E-state index is 0.133. The monoisotopic (exact) mass is 453 g/mol. The predicted octanol–water partition coefficient (Wildman–Crippen LogP) is 3.28. The third-order valence-electron chi connectivity index (χ3n) is 5.21. The minimum atomic E-state index is -3.27. The highest BCUT2D eigenvalue weighted by molar-refractivity contribution is 7.90. The Bertz CT molecular complexity index is 1330. The first kappa shape index (κ1) is 21.6. The van der Waals surface area contributed by atoms with Crippen LogP contribution < -0.4 is 14.8 Å². The number of para-hydroxylation sites is 1. The third-order valence-corrected chi connectivity index (χ3v) is 6.65. The Morgan fingerprint density at radius 1 is 1.09 bits per heavy atom. The van der Waals surface area contributed by atoms with Crippen molar-refractivity contribution in [1.29, 1.82) is 0 Å². The Balaban J connectivity index is 1.65. The van der Waals surface area contributed by atoms with Gasteiger partial charge < -0.3 is 14.8 Å². The first-order chi connectivity index (χ1) is 15.3. The second kappa shape index (κ2) is 8.51. The Labute approximate surface area is 186 Å². The van der Waals surface area contributed by atoms with Crippen LogP contribution >= 0.6 is 0 Å². The van der Waals surface area contributed by atoms with Gasteiger partial charge in [-0.05, 0) is 42.3 Å². The van der Waals surface area contributed by atoms with Crippen molar-refractivity contribution in [2.75, 3.05) is 19.5 Å². The van der Waals surface area contributed by atoms with E-state index in [1.807, 2.05) is 31.2 Å². The number of aromatic nitrogens is 2. The van der Waals surface area contributed by atoms with Crippen molar-refractivity contribution in [2.24, 2.45) is 0 Å². The van der Waals surface area contributed by atoms with Gasteiger partial charge in [-0.15, -0.1) is 0 Å². The van der Waals surface area contributed by atoms with Crippen molar-refractivity contribution in [1.82, 2.24) is 9.78 Å². The summed E-state index contributed by atoms with van der Waals surface area (Å²) in [6.07, 6.45) is 3.02. The van der Waals surface area contributed by atoms with Crippen LogP contribution in [0.15, 0.2) is 48.5 Å². The summed E-state index contributed by atoms with van der Waals surface area (Å²) in [6.45, 7) is 1.93. The zero-order valence-corrected chi connectivity index (χ0v) is 18.8. The van der Waals surface area contributed by atoms with E-state index in [2.05, 4.69) is 10.4 Å². The van der Waals surface area contributed by atoms with E-state index in [9.17, 15) is 13.2 Å². The predicted molar refractivity (Wildman–Crippen MR) is 122 cm³/mol. The highest BCUT2D eigenvalue weighted by Crippen LogP contribution is 2.33. The van der Waals surface area contributed by atoms with E-state index in [-0.39, 0.29) is 11.5 Å². The number of carbonyl (C=O) groups excluding carboxylic acids is 1. The molecule has 2 heterocycles. The van der Waals surface area contributed by atoms with E-state index >= 15 is 0 Å². The molecule has 0 spiro atoms. The van der Waals surface area contributed by atoms with Gasteiger partial charge in [-0.3, -0.25) is 4.79 Å². The molecule has 0 saturated heterocycles. The molecule has 0 atom stereocenters. The van der Waals surface area contributed by atoms with Crippen LogP contribution in [0.1, 0.15) is 22.4 Å². The van der Waals surface area contributed by atoms with Gasteiger partial charge in [-0.25, -0.2) is 13.1 Å². The second-order valence-corrected chi connectivity index (χ2v) is 9.51. The summed E-state index contributed by atoms with van der Waals surface area (Å²) < 4.78 is 36.4. The molecule has 2 aromatic carbocycles. The minimum Gasteiger partial charge on any atom is -0.493 e. The molecule has 0 saturated carbocycles. The lowest BCUT2D eigenvalue weighted by Gasteiger charge is -2.12. The van der Waals surface area contributed by atoms with Gasteiger partial charge in [-0.1, -0.05) is 24.3 Å². The van der Waals surface area contributed by atoms with Gasteiger partial charge in [0.2, 0.25) is 5.91 Å². The second-order valence-electron chi connectivity index (χ2n) is 7.44. The molecule has 8 nitrogen and oxygen atoms in total. The highest BCUT2D eigenvalue weighted by Gasteiger charge is 2.33. The van der Waals surface area contributed by atoms with Crippen LogP contribution in [0.2, 0.25) is 0 Å². The van der Waals surface area contributed by atoms with Crippen molar-refractivity contribution in [2.45, 2.75) is 18.4 Å². The molecule has 9 heteroatoms. The lowest BCUT2D eigenvalue weighted by Crippen LogP contribution is -2.15. The topological polar surface area (TPSA) is 99.5 Å². The molecule has 3 aromatic rings. The van der Waals surface area contributed by atoms with Gasteiger partial charge in [-0.2, -0.15) is 5.10 Å². The van der Waals surface area contributed by atoms with Crippen LogP contribution in [0.5, 0.6) is 11.5 Å². The molecule has 0 radical (unpaired) electrons. The van der Waals surface area contributed by atoms with Crippen LogP contribution in [0.4, 0.5) is 5.82 Å². The maximum atomic E-state index is 12.7. The number of nitrogens with zero attached hydrogens (tertiary/aromatic N) is 2. The number of nitrogens with one attached hydrogen (secondary N) is 1. The number of anilines is 1. The summed E-state index contributed by atoms with van der Waals surface area (Å²) in [5.41, 5.74) is 3.47. The molecule has 1 aliphatic heterocycles. The number of methoxy groups -OCH3 is 2. The Morgan fingerprint density at radius 3 is 2.56 bits per heavy atom. The van der Waals surface area contributed by atoms with Crippen LogP contribution in [0.25, 0.3) is 11.8 Å². The van der Waals surface area contributed by atoms with Gasteiger partial charge in [0, 0.05) is 11.6 Å². The van der Waals surface area contributed by atoms with Crippen LogP contribution in [-0.4, -0.2) is 38.3 Å². The van der Waals surface area contributed by atoms with Gasteiger partial charge in [0.25, 0.3) is 0 Å². The fourth-order valence-electron chi connectivity index (χ4n) is 3.63. The van der Waals surface area contributed by atoms with Crippen molar-refractivity contribution >= 4 is 27.6 Å². The quantitative estimate of drug-likeness (QED) is 0.575. The maximum Gasteiger partial charge on any atom is 0.249 e. The third kappa shape index (κ3) is 4.24. The molecule has 0 fully saturated rings. The number of ether oxygens (including phenoxy) is 2. The average Bonchev–Trinajstić information content (AvgIpc) is 3.24. The number of fused-ring (bicyclic) bond motifs is 1. The van der Waals surface area contributed by atoms with E-state index in [0.717, 1.165) is 16.8 Å². The Hall–Kier alpha value is -3.59. The first-order valence-electron chi connectivity index (χ1n) is 9.89. The zero-order valence-electron chi connectivity index (χ0n) is 18.0. The van der Waals surface area contributed by atoms with E-state index in [4.69, 9.17) is 9.47 Å². The van der Waals surface area contributed by atoms with E-state index in [0.29, 0.717) is 28.6 Å². The Kier molecular flexibility index (Phi) is 5.75. The van der Waals surface area contributed by atoms with Crippen molar-refractivity contribution < 1.29 is 22.7 Å². The van der Waals surface area contributed by atoms with Gasteiger partial charge in [0.05, 0.1) is 37.1 Å². The molecule has 32 heavy (non-hydrogen) atoms. The number of amides is 1. The molecule has 4 rings (SSSR count). The molecule has 1 amide bonds. The summed E-state index contributed by atoms with van der Waals surface area (Å²) in [6, 6.07) is 12.9. The number of aryl methyl sites for hydroxylation is 1. The smallest absolute Gasteiger partial charge is 0.249 e. The SMILES string of the molecule is COc1ccc(/C=C/C(=O)Nc2c3c(nn2-c2ccccc2C)CS(=O)(=O)C3)cc1OC. The molecule has 0 unspecified atom stereocenters. The summed E-state index contributed by atoms with van der Waals surface area (Å²) in [4.78, 5) is 12.7. The number of benzene rings is 2. The molecule has 0 aliphatic carbocycles. The number of hydrogen-bond acceptors (Lipinski definition) is 6. The molecule has 0 bridgehead atoms. The zero-order chi connectivity index (χ0) is 22.9.